The summed E-state index contributed by atoms with van der Waals surface area (Å²) in [5.41, 5.74) is 1.41. The van der Waals surface area contributed by atoms with E-state index in [0.717, 1.165) is 22.6 Å². The van der Waals surface area contributed by atoms with Crippen molar-refractivity contribution in [2.45, 2.75) is 139 Å². The molecule has 4 unspecified atom stereocenters. The number of ether oxygens (including phenoxy) is 2. The van der Waals surface area contributed by atoms with Gasteiger partial charge in [0.05, 0.1) is 84.1 Å². The summed E-state index contributed by atoms with van der Waals surface area (Å²) in [6, 6.07) is 15.8. The first-order chi connectivity index (χ1) is 34.4. The molecule has 21 heteroatoms. The average molecular weight is 1060 g/mol. The predicted molar refractivity (Wildman–Crippen MR) is 291 cm³/mol. The molecule has 10 atom stereocenters. The standard InChI is InChI=1S/C51H73N11O6S4/c1-31(52-7)46(69)56-36-19-23-71-40-25-50(3,4)42(61(40)48(36)65)44(63)54-38(33-15-11-9-12-16-33)29-67-22-21-60-27-35(58-59-60)28-68-30-39(34-17-13-10-14-18-34)55-45(64)43-51(5,6)26-41-62(43)49(66)37(20-24-72-41)57-47(70)32(2)53-8/h9-18,27,31-32,36-43,52-53H,19-26,28-30H2,1-8H3,(H,54,63)(H,55,64)(H,56,69)(H,57,70)/t31?,32?,36-,37-,38?,39?,40-,41-,42+,43+/m0/s1. The van der Waals surface area contributed by atoms with Gasteiger partial charge in [0.25, 0.3) is 0 Å². The molecule has 17 nitrogen and oxygen atoms in total. The Bertz CT molecular complexity index is 2360. The Morgan fingerprint density at radius 1 is 0.722 bits per heavy atom. The summed E-state index contributed by atoms with van der Waals surface area (Å²) in [5, 5.41) is 27.8. The van der Waals surface area contributed by atoms with E-state index in [-0.39, 0.29) is 72.9 Å². The van der Waals surface area contributed by atoms with Gasteiger partial charge in [-0.1, -0.05) is 118 Å². The molecule has 1 aromatic heterocycles. The molecule has 6 N–H and O–H groups in total. The number of benzene rings is 2. The smallest absolute Gasteiger partial charge is 0.246 e. The zero-order valence-corrected chi connectivity index (χ0v) is 46.0. The third-order valence-electron chi connectivity index (χ3n) is 14.3. The lowest BCUT2D eigenvalue weighted by molar-refractivity contribution is -0.142. The van der Waals surface area contributed by atoms with Crippen LogP contribution in [0.15, 0.2) is 66.9 Å². The van der Waals surface area contributed by atoms with Crippen molar-refractivity contribution in [1.29, 1.82) is 0 Å². The molecule has 4 fully saturated rings. The number of carbonyl (C=O) groups excluding carboxylic acids is 4. The maximum Gasteiger partial charge on any atom is 0.246 e. The molecule has 392 valence electrons. The van der Waals surface area contributed by atoms with E-state index < -0.39 is 47.1 Å². The Balaban J connectivity index is 0.944. The molecule has 2 aromatic carbocycles. The maximum absolute atomic E-state index is 14.5. The predicted octanol–water partition coefficient (Wildman–Crippen LogP) is 4.49. The van der Waals surface area contributed by atoms with Crippen LogP contribution in [-0.4, -0.2) is 151 Å². The summed E-state index contributed by atoms with van der Waals surface area (Å²) < 4.78 is 14.2. The van der Waals surface area contributed by atoms with Crippen molar-refractivity contribution in [3.05, 3.63) is 83.7 Å². The highest BCUT2D eigenvalue weighted by molar-refractivity contribution is 8.00. The zero-order valence-electron chi connectivity index (χ0n) is 42.7. The molecular formula is C51H73N11O6S4. The van der Waals surface area contributed by atoms with Gasteiger partial charge in [0.15, 0.2) is 0 Å². The van der Waals surface area contributed by atoms with Crippen molar-refractivity contribution in [2.24, 2.45) is 10.8 Å². The normalized spacial score (nSPS) is 25.2. The van der Waals surface area contributed by atoms with Crippen LogP contribution >= 0.6 is 48.0 Å². The summed E-state index contributed by atoms with van der Waals surface area (Å²) in [6.45, 7) is 13.3. The van der Waals surface area contributed by atoms with Gasteiger partial charge < -0.3 is 51.2 Å². The lowest BCUT2D eigenvalue weighted by Crippen LogP contribution is -2.58. The van der Waals surface area contributed by atoms with Crippen molar-refractivity contribution in [1.82, 2.24) is 56.7 Å². The number of carbonyl (C=O) groups is 4. The van der Waals surface area contributed by atoms with Crippen molar-refractivity contribution in [3.8, 4) is 0 Å². The number of thioether (sulfide) groups is 2. The summed E-state index contributed by atoms with van der Waals surface area (Å²) in [6.07, 6.45) is 4.42. The van der Waals surface area contributed by atoms with Gasteiger partial charge in [-0.3, -0.25) is 19.2 Å². The molecule has 0 aliphatic carbocycles. The zero-order chi connectivity index (χ0) is 51.7. The third-order valence-corrected chi connectivity index (χ3v) is 17.7. The topological polar surface area (TPSA) is 196 Å². The molecular weight excluding hydrogens is 991 g/mol. The summed E-state index contributed by atoms with van der Waals surface area (Å²) in [5.74, 6) is 0.879. The highest BCUT2D eigenvalue weighted by atomic mass is 32.2. The first-order valence-corrected chi connectivity index (χ1v) is 27.9. The van der Waals surface area contributed by atoms with Gasteiger partial charge in [0.1, 0.15) is 29.9 Å². The fraction of sp³-hybridized carbons (Fsp3) is 0.608. The van der Waals surface area contributed by atoms with Gasteiger partial charge in [-0.2, -0.15) is 0 Å². The molecule has 5 heterocycles. The van der Waals surface area contributed by atoms with E-state index in [1.54, 1.807) is 44.2 Å². The Hall–Kier alpha value is -4.22. The van der Waals surface area contributed by atoms with Crippen LogP contribution in [0.5, 0.6) is 0 Å². The Labute approximate surface area is 443 Å². The number of aromatic nitrogens is 3. The minimum atomic E-state index is -0.697. The molecule has 4 saturated heterocycles. The largest absolute Gasteiger partial charge is 0.377 e. The summed E-state index contributed by atoms with van der Waals surface area (Å²) in [4.78, 5) is 62.2. The first kappa shape index (κ1) is 55.5. The van der Waals surface area contributed by atoms with E-state index in [4.69, 9.17) is 33.9 Å². The van der Waals surface area contributed by atoms with Gasteiger partial charge >= 0.3 is 0 Å². The van der Waals surface area contributed by atoms with E-state index >= 15 is 0 Å². The van der Waals surface area contributed by atoms with Crippen molar-refractivity contribution in [3.63, 3.8) is 0 Å². The summed E-state index contributed by atoms with van der Waals surface area (Å²) >= 11 is 14.7. The number of nitrogens with zero attached hydrogens (tertiary/aromatic N) is 5. The quantitative estimate of drug-likeness (QED) is 0.0645. The van der Waals surface area contributed by atoms with E-state index in [9.17, 15) is 19.2 Å². The van der Waals surface area contributed by atoms with Crippen molar-refractivity contribution >= 4 is 81.6 Å². The monoisotopic (exact) mass is 1060 g/mol. The van der Waals surface area contributed by atoms with E-state index in [1.807, 2.05) is 88.6 Å². The maximum atomic E-state index is 14.5. The number of thiocarbonyl (C=S) groups is 2. The highest BCUT2D eigenvalue weighted by Gasteiger charge is 2.56. The van der Waals surface area contributed by atoms with Gasteiger partial charge in [-0.15, -0.1) is 28.6 Å². The second kappa shape index (κ2) is 24.9. The van der Waals surface area contributed by atoms with Crippen LogP contribution in [0.4, 0.5) is 0 Å². The van der Waals surface area contributed by atoms with E-state index in [1.165, 1.54) is 0 Å². The van der Waals surface area contributed by atoms with Crippen LogP contribution in [0.3, 0.4) is 0 Å². The number of rotatable bonds is 21. The molecule has 72 heavy (non-hydrogen) atoms. The second-order valence-electron chi connectivity index (χ2n) is 20.6. The van der Waals surface area contributed by atoms with Crippen LogP contribution in [-0.2, 0) is 41.8 Å². The third kappa shape index (κ3) is 13.4. The number of hydrogen-bond acceptors (Lipinski definition) is 14. The Kier molecular flexibility index (Phi) is 19.2. The SMILES string of the molecule is CNC(C)C(=S)N[C@H]1CCS[C@H]2CC(C)(C)[C@@H](C(=O)NC(COCCn3cc(COCC(NC(=O)[C@H]4N5C(=O)[C@@H](NC(=S)C(C)NC)CCS[C@H]5CC4(C)C)c4ccccc4)nn3)c3ccccc3)N2C1=O. The fourth-order valence-electron chi connectivity index (χ4n) is 10.0. The van der Waals surface area contributed by atoms with Crippen LogP contribution < -0.4 is 31.9 Å². The lowest BCUT2D eigenvalue weighted by Gasteiger charge is -2.35. The van der Waals surface area contributed by atoms with Gasteiger partial charge in [-0.25, -0.2) is 4.68 Å². The van der Waals surface area contributed by atoms with Crippen molar-refractivity contribution in [2.75, 3.05) is 45.4 Å². The number of nitrogens with one attached hydrogen (secondary N) is 6. The van der Waals surface area contributed by atoms with E-state index in [2.05, 4.69) is 69.9 Å². The van der Waals surface area contributed by atoms with Crippen LogP contribution in [0.1, 0.15) is 96.1 Å². The molecule has 0 radical (unpaired) electrons. The Morgan fingerprint density at radius 2 is 1.17 bits per heavy atom. The first-order valence-electron chi connectivity index (χ1n) is 25.0. The molecule has 0 spiro atoms. The van der Waals surface area contributed by atoms with E-state index in [0.29, 0.717) is 47.9 Å². The number of hydrogen-bond donors (Lipinski definition) is 6. The highest BCUT2D eigenvalue weighted by Crippen LogP contribution is 2.48. The number of likely N-dealkylation sites (N-methyl/N-ethyl adjacent to an activating group) is 2. The lowest BCUT2D eigenvalue weighted by atomic mass is 9.83. The van der Waals surface area contributed by atoms with Crippen LogP contribution in [0.25, 0.3) is 0 Å². The van der Waals surface area contributed by atoms with Gasteiger partial charge in [0, 0.05) is 0 Å². The minimum absolute atomic E-state index is 0.0959. The molecule has 0 saturated carbocycles. The fourth-order valence-corrected chi connectivity index (χ4v) is 13.7. The summed E-state index contributed by atoms with van der Waals surface area (Å²) in [7, 11) is 3.66. The molecule has 4 amide bonds. The molecule has 4 aliphatic rings. The second-order valence-corrected chi connectivity index (χ2v) is 24.0. The molecule has 7 rings (SSSR count). The minimum Gasteiger partial charge on any atom is -0.377 e. The molecule has 0 bridgehead atoms. The van der Waals surface area contributed by atoms with Crippen LogP contribution in [0, 0.1) is 10.8 Å². The van der Waals surface area contributed by atoms with Crippen molar-refractivity contribution < 1.29 is 28.7 Å². The molecule has 4 aliphatic heterocycles. The molecule has 3 aromatic rings. The van der Waals surface area contributed by atoms with Gasteiger partial charge in [0.2, 0.25) is 23.6 Å². The van der Waals surface area contributed by atoms with Crippen LogP contribution in [0.2, 0.25) is 0 Å². The Morgan fingerprint density at radius 3 is 1.61 bits per heavy atom. The average Bonchev–Trinajstić information content (AvgIpc) is 3.95. The number of fused-ring (bicyclic) bond motifs is 2. The number of amides is 4. The van der Waals surface area contributed by atoms with Gasteiger partial charge in [-0.05, 0) is 87.1 Å².